The highest BCUT2D eigenvalue weighted by Gasteiger charge is 2.33. The van der Waals surface area contributed by atoms with Gasteiger partial charge in [0.1, 0.15) is 4.90 Å². The molecule has 124 valence electrons. The van der Waals surface area contributed by atoms with Crippen molar-refractivity contribution in [1.29, 1.82) is 0 Å². The highest BCUT2D eigenvalue weighted by molar-refractivity contribution is 9.10. The van der Waals surface area contributed by atoms with E-state index in [0.717, 1.165) is 12.1 Å². The molecule has 0 saturated carbocycles. The molecule has 0 saturated heterocycles. The van der Waals surface area contributed by atoms with Crippen LogP contribution in [0.4, 0.5) is 17.6 Å². The first-order valence-electron chi connectivity index (χ1n) is 5.76. The van der Waals surface area contributed by atoms with Crippen molar-refractivity contribution < 1.29 is 35.8 Å². The topological polar surface area (TPSA) is 63.6 Å². The molecule has 0 fully saturated rings. The molecule has 0 heterocycles. The van der Waals surface area contributed by atoms with E-state index in [1.54, 1.807) is 0 Å². The van der Waals surface area contributed by atoms with E-state index in [1.807, 2.05) is 0 Å². The lowest BCUT2D eigenvalue weighted by Gasteiger charge is -2.11. The summed E-state index contributed by atoms with van der Waals surface area (Å²) in [6.45, 7) is 0. The Morgan fingerprint density at radius 1 is 1.04 bits per heavy atom. The first-order valence-corrected chi connectivity index (χ1v) is 8.04. The summed E-state index contributed by atoms with van der Waals surface area (Å²) in [6.07, 6.45) is 0. The lowest BCUT2D eigenvalue weighted by molar-refractivity contribution is 0.372. The first kappa shape index (κ1) is 17.5. The zero-order chi connectivity index (χ0) is 17.5. The molecular formula is C13H7BrF4O4S. The van der Waals surface area contributed by atoms with Crippen LogP contribution in [0.15, 0.2) is 32.5 Å². The highest BCUT2D eigenvalue weighted by Crippen LogP contribution is 2.36. The normalized spacial score (nSPS) is 11.6. The maximum absolute atomic E-state index is 14.0. The molecular weight excluding hydrogens is 408 g/mol. The number of phenols is 1. The number of rotatable bonds is 3. The molecule has 0 amide bonds. The Morgan fingerprint density at radius 3 is 2.17 bits per heavy atom. The van der Waals surface area contributed by atoms with Crippen LogP contribution in [0.5, 0.6) is 11.5 Å². The fraction of sp³-hybridized carbons (Fsp3) is 0.0769. The van der Waals surface area contributed by atoms with Gasteiger partial charge in [0.05, 0.1) is 16.5 Å². The average molecular weight is 415 g/mol. The van der Waals surface area contributed by atoms with Crippen molar-refractivity contribution in [2.75, 3.05) is 7.11 Å². The predicted molar refractivity (Wildman–Crippen MR) is 74.1 cm³/mol. The summed E-state index contributed by atoms with van der Waals surface area (Å²) < 4.78 is 82.5. The number of hydrogen-bond acceptors (Lipinski definition) is 4. The molecule has 2 rings (SSSR count). The summed E-state index contributed by atoms with van der Waals surface area (Å²) in [6, 6.07) is 2.59. The van der Waals surface area contributed by atoms with E-state index in [0.29, 0.717) is 6.07 Å². The standard InChI is InChI=1S/C13H7BrF4O4S/c1-22-7-3-2-5(4-6(7)19)23(20,21)13-10(16)8(14)9(15)11(17)12(13)18/h2-4,19H,1H3. The number of methoxy groups -OCH3 is 1. The third-order valence-electron chi connectivity index (χ3n) is 2.90. The number of sulfone groups is 1. The Hall–Kier alpha value is -1.81. The van der Waals surface area contributed by atoms with Crippen LogP contribution in [0.1, 0.15) is 0 Å². The molecule has 2 aromatic carbocycles. The average Bonchev–Trinajstić information content (AvgIpc) is 2.50. The van der Waals surface area contributed by atoms with Crippen molar-refractivity contribution in [1.82, 2.24) is 0 Å². The Kier molecular flexibility index (Phi) is 4.58. The summed E-state index contributed by atoms with van der Waals surface area (Å²) in [5, 5.41) is 9.57. The molecule has 0 bridgehead atoms. The quantitative estimate of drug-likeness (QED) is 0.361. The first-order chi connectivity index (χ1) is 10.6. The number of benzene rings is 2. The van der Waals surface area contributed by atoms with Crippen LogP contribution in [-0.2, 0) is 9.84 Å². The second-order valence-electron chi connectivity index (χ2n) is 4.24. The Labute approximate surface area is 136 Å². The molecule has 2 aromatic rings. The van der Waals surface area contributed by atoms with E-state index in [1.165, 1.54) is 7.11 Å². The van der Waals surface area contributed by atoms with E-state index >= 15 is 0 Å². The fourth-order valence-electron chi connectivity index (χ4n) is 1.78. The van der Waals surface area contributed by atoms with Gasteiger partial charge in [0.25, 0.3) is 0 Å². The number of aromatic hydroxyl groups is 1. The van der Waals surface area contributed by atoms with Gasteiger partial charge in [0.2, 0.25) is 9.84 Å². The predicted octanol–water partition coefficient (Wildman–Crippen LogP) is 3.55. The number of phenolic OH excluding ortho intramolecular Hbond substituents is 1. The summed E-state index contributed by atoms with van der Waals surface area (Å²) in [7, 11) is -3.71. The third kappa shape index (κ3) is 2.76. The van der Waals surface area contributed by atoms with Gasteiger partial charge in [-0.15, -0.1) is 0 Å². The van der Waals surface area contributed by atoms with Crippen LogP contribution in [-0.4, -0.2) is 20.6 Å². The largest absolute Gasteiger partial charge is 0.504 e. The lowest BCUT2D eigenvalue weighted by Crippen LogP contribution is -2.12. The smallest absolute Gasteiger partial charge is 0.212 e. The molecule has 0 unspecified atom stereocenters. The van der Waals surface area contributed by atoms with Crippen LogP contribution in [0.3, 0.4) is 0 Å². The Balaban J connectivity index is 2.78. The molecule has 23 heavy (non-hydrogen) atoms. The van der Waals surface area contributed by atoms with Crippen LogP contribution in [0, 0.1) is 23.3 Å². The molecule has 4 nitrogen and oxygen atoms in total. The van der Waals surface area contributed by atoms with Gasteiger partial charge in [-0.3, -0.25) is 0 Å². The second-order valence-corrected chi connectivity index (χ2v) is 6.92. The maximum Gasteiger partial charge on any atom is 0.212 e. The Bertz CT molecular complexity index is 870. The van der Waals surface area contributed by atoms with Crippen molar-refractivity contribution in [3.05, 3.63) is 45.9 Å². The second kappa shape index (κ2) is 6.00. The zero-order valence-electron chi connectivity index (χ0n) is 11.2. The van der Waals surface area contributed by atoms with Crippen molar-refractivity contribution in [2.24, 2.45) is 0 Å². The SMILES string of the molecule is COc1ccc(S(=O)(=O)c2c(F)c(F)c(F)c(Br)c2F)cc1O. The lowest BCUT2D eigenvalue weighted by atomic mass is 10.3. The van der Waals surface area contributed by atoms with Gasteiger partial charge in [0.15, 0.2) is 34.8 Å². The molecule has 0 radical (unpaired) electrons. The molecule has 0 spiro atoms. The van der Waals surface area contributed by atoms with Crippen molar-refractivity contribution in [3.8, 4) is 11.5 Å². The molecule has 0 aliphatic carbocycles. The van der Waals surface area contributed by atoms with Crippen molar-refractivity contribution in [3.63, 3.8) is 0 Å². The van der Waals surface area contributed by atoms with Gasteiger partial charge >= 0.3 is 0 Å². The van der Waals surface area contributed by atoms with E-state index in [2.05, 4.69) is 15.9 Å². The molecule has 0 atom stereocenters. The molecule has 0 aromatic heterocycles. The van der Waals surface area contributed by atoms with Gasteiger partial charge in [-0.2, -0.15) is 0 Å². The molecule has 0 aliphatic heterocycles. The van der Waals surface area contributed by atoms with E-state index in [9.17, 15) is 31.1 Å². The van der Waals surface area contributed by atoms with Crippen LogP contribution >= 0.6 is 15.9 Å². The maximum atomic E-state index is 14.0. The van der Waals surface area contributed by atoms with Gasteiger partial charge in [-0.25, -0.2) is 26.0 Å². The third-order valence-corrected chi connectivity index (χ3v) is 5.37. The monoisotopic (exact) mass is 414 g/mol. The van der Waals surface area contributed by atoms with Crippen molar-refractivity contribution in [2.45, 2.75) is 9.79 Å². The Morgan fingerprint density at radius 2 is 1.65 bits per heavy atom. The summed E-state index contributed by atoms with van der Waals surface area (Å²) in [5.74, 6) is -8.76. The fourth-order valence-corrected chi connectivity index (χ4v) is 3.69. The van der Waals surface area contributed by atoms with Crippen LogP contribution < -0.4 is 4.74 Å². The van der Waals surface area contributed by atoms with Gasteiger partial charge in [0, 0.05) is 6.07 Å². The zero-order valence-corrected chi connectivity index (χ0v) is 13.6. The number of halogens is 5. The van der Waals surface area contributed by atoms with Crippen LogP contribution in [0.25, 0.3) is 0 Å². The van der Waals surface area contributed by atoms with Gasteiger partial charge < -0.3 is 9.84 Å². The minimum absolute atomic E-state index is 0.0867. The minimum atomic E-state index is -4.91. The minimum Gasteiger partial charge on any atom is -0.504 e. The molecule has 1 N–H and O–H groups in total. The number of hydrogen-bond donors (Lipinski definition) is 1. The summed E-state index contributed by atoms with van der Waals surface area (Å²) in [4.78, 5) is -2.40. The van der Waals surface area contributed by atoms with Gasteiger partial charge in [-0.05, 0) is 28.1 Å². The van der Waals surface area contributed by atoms with Crippen LogP contribution in [0.2, 0.25) is 0 Å². The van der Waals surface area contributed by atoms with E-state index < -0.39 is 53.1 Å². The van der Waals surface area contributed by atoms with Crippen molar-refractivity contribution >= 4 is 25.8 Å². The highest BCUT2D eigenvalue weighted by atomic mass is 79.9. The number of ether oxygens (including phenoxy) is 1. The van der Waals surface area contributed by atoms with Gasteiger partial charge in [-0.1, -0.05) is 0 Å². The summed E-state index contributed by atoms with van der Waals surface area (Å²) in [5.41, 5.74) is 0. The summed E-state index contributed by atoms with van der Waals surface area (Å²) >= 11 is 2.33. The molecule has 10 heteroatoms. The van der Waals surface area contributed by atoms with E-state index in [4.69, 9.17) is 4.74 Å². The van der Waals surface area contributed by atoms with E-state index in [-0.39, 0.29) is 5.75 Å². The molecule has 0 aliphatic rings.